The lowest BCUT2D eigenvalue weighted by Crippen LogP contribution is -1.93. The van der Waals surface area contributed by atoms with Gasteiger partial charge in [-0.3, -0.25) is 0 Å². The molecule has 0 fully saturated rings. The predicted octanol–water partition coefficient (Wildman–Crippen LogP) is 2.96. The third-order valence-electron chi connectivity index (χ3n) is 1.11. The molecule has 0 unspecified atom stereocenters. The fourth-order valence-electron chi connectivity index (χ4n) is 0.610. The Morgan fingerprint density at radius 2 is 2.00 bits per heavy atom. The average molecular weight is 163 g/mol. The molecule has 0 N–H and O–H groups in total. The van der Waals surface area contributed by atoms with Crippen molar-refractivity contribution in [1.29, 1.82) is 0 Å². The van der Waals surface area contributed by atoms with E-state index in [2.05, 4.69) is 13.8 Å². The molecule has 0 aromatic heterocycles. The van der Waals surface area contributed by atoms with Gasteiger partial charge in [-0.2, -0.15) is 0 Å². The number of alkyl halides is 1. The highest BCUT2D eigenvalue weighted by atomic mass is 35.5. The summed E-state index contributed by atoms with van der Waals surface area (Å²) in [6.07, 6.45) is 2.52. The molecule has 0 aromatic carbocycles. The van der Waals surface area contributed by atoms with Gasteiger partial charge < -0.3 is 0 Å². The van der Waals surface area contributed by atoms with E-state index in [4.69, 9.17) is 11.6 Å². The smallest absolute Gasteiger partial charge is 0.0407 e. The van der Waals surface area contributed by atoms with Crippen LogP contribution in [0.1, 0.15) is 26.7 Å². The Morgan fingerprint density at radius 3 is 2.44 bits per heavy atom. The topological polar surface area (TPSA) is 0 Å². The van der Waals surface area contributed by atoms with Gasteiger partial charge in [0.2, 0.25) is 0 Å². The maximum absolute atomic E-state index is 5.52. The molecule has 54 valence electrons. The van der Waals surface area contributed by atoms with Crippen LogP contribution in [-0.4, -0.2) is 15.4 Å². The highest BCUT2D eigenvalue weighted by Crippen LogP contribution is 2.04. The Hall–Kier alpha value is 0.507. The number of hydrogen-bond acceptors (Lipinski definition) is 0. The van der Waals surface area contributed by atoms with Crippen LogP contribution in [0.4, 0.5) is 0 Å². The van der Waals surface area contributed by atoms with E-state index in [0.717, 1.165) is 20.9 Å². The van der Waals surface area contributed by atoms with Crippen molar-refractivity contribution in [1.82, 2.24) is 0 Å². The molecule has 0 aromatic rings. The summed E-state index contributed by atoms with van der Waals surface area (Å²) in [7, 11) is 1.14. The van der Waals surface area contributed by atoms with Gasteiger partial charge in [-0.1, -0.05) is 31.9 Å². The number of hydrogen-bond donors (Lipinski definition) is 0. The third-order valence-corrected chi connectivity index (χ3v) is 2.84. The maximum Gasteiger partial charge on any atom is 0.0407 e. The molecule has 0 saturated carbocycles. The van der Waals surface area contributed by atoms with Crippen molar-refractivity contribution in [2.24, 2.45) is 0 Å². The SMILES string of the molecule is CC(C)[Si]CCCCCl. The lowest BCUT2D eigenvalue weighted by atomic mass is 10.4. The molecule has 0 aliphatic heterocycles. The minimum Gasteiger partial charge on any atom is -0.127 e. The van der Waals surface area contributed by atoms with Crippen LogP contribution < -0.4 is 0 Å². The lowest BCUT2D eigenvalue weighted by molar-refractivity contribution is 0.874. The van der Waals surface area contributed by atoms with E-state index in [1.165, 1.54) is 18.9 Å². The van der Waals surface area contributed by atoms with E-state index in [9.17, 15) is 0 Å². The Bertz CT molecular complexity index is 54.9. The largest absolute Gasteiger partial charge is 0.127 e. The molecule has 0 bridgehead atoms. The summed E-state index contributed by atoms with van der Waals surface area (Å²) in [5.41, 5.74) is 0.889. The van der Waals surface area contributed by atoms with Crippen molar-refractivity contribution < 1.29 is 0 Å². The molecule has 0 atom stereocenters. The molecule has 0 aliphatic rings. The van der Waals surface area contributed by atoms with E-state index in [1.54, 1.807) is 0 Å². The maximum atomic E-state index is 5.52. The van der Waals surface area contributed by atoms with Crippen LogP contribution in [0.2, 0.25) is 11.6 Å². The second-order valence-corrected chi connectivity index (χ2v) is 4.95. The highest BCUT2D eigenvalue weighted by molar-refractivity contribution is 6.37. The Kier molecular flexibility index (Phi) is 7.00. The predicted molar refractivity (Wildman–Crippen MR) is 45.6 cm³/mol. The molecular weight excluding hydrogens is 148 g/mol. The number of halogens is 1. The minimum atomic E-state index is 0.836. The zero-order valence-corrected chi connectivity index (χ0v) is 8.04. The van der Waals surface area contributed by atoms with Gasteiger partial charge in [0, 0.05) is 15.4 Å². The molecule has 0 nitrogen and oxygen atoms in total. The second kappa shape index (κ2) is 6.62. The van der Waals surface area contributed by atoms with Crippen LogP contribution in [0.5, 0.6) is 0 Å². The van der Waals surface area contributed by atoms with Crippen molar-refractivity contribution in [3.63, 3.8) is 0 Å². The van der Waals surface area contributed by atoms with E-state index >= 15 is 0 Å². The summed E-state index contributed by atoms with van der Waals surface area (Å²) >= 11 is 5.52. The third kappa shape index (κ3) is 8.51. The van der Waals surface area contributed by atoms with Crippen molar-refractivity contribution in [3.05, 3.63) is 0 Å². The fraction of sp³-hybridized carbons (Fsp3) is 1.00. The van der Waals surface area contributed by atoms with Crippen molar-refractivity contribution in [2.45, 2.75) is 38.3 Å². The van der Waals surface area contributed by atoms with Crippen LogP contribution in [0.15, 0.2) is 0 Å². The minimum absolute atomic E-state index is 0.836. The summed E-state index contributed by atoms with van der Waals surface area (Å²) in [5.74, 6) is 0.836. The molecule has 2 heteroatoms. The van der Waals surface area contributed by atoms with Crippen LogP contribution in [-0.2, 0) is 0 Å². The zero-order chi connectivity index (χ0) is 7.11. The quantitative estimate of drug-likeness (QED) is 0.331. The van der Waals surface area contributed by atoms with Gasteiger partial charge in [0.15, 0.2) is 0 Å². The molecule has 2 radical (unpaired) electrons. The number of rotatable bonds is 5. The van der Waals surface area contributed by atoms with Crippen LogP contribution in [0, 0.1) is 0 Å². The Morgan fingerprint density at radius 1 is 1.33 bits per heavy atom. The molecule has 0 saturated heterocycles. The highest BCUT2D eigenvalue weighted by Gasteiger charge is 1.93. The molecule has 0 heterocycles. The van der Waals surface area contributed by atoms with E-state index < -0.39 is 0 Å². The molecule has 9 heavy (non-hydrogen) atoms. The van der Waals surface area contributed by atoms with E-state index in [0.29, 0.717) is 0 Å². The van der Waals surface area contributed by atoms with Crippen molar-refractivity contribution >= 4 is 21.1 Å². The molecular formula is C7H15ClSi. The first-order valence-electron chi connectivity index (χ1n) is 3.56. The van der Waals surface area contributed by atoms with Gasteiger partial charge in [0.1, 0.15) is 0 Å². The van der Waals surface area contributed by atoms with Crippen molar-refractivity contribution in [3.8, 4) is 0 Å². The summed E-state index contributed by atoms with van der Waals surface area (Å²) < 4.78 is 0. The zero-order valence-electron chi connectivity index (χ0n) is 6.28. The Balaban J connectivity index is 2.75. The second-order valence-electron chi connectivity index (χ2n) is 2.50. The molecule has 0 spiro atoms. The normalized spacial score (nSPS) is 10.7. The first-order valence-corrected chi connectivity index (χ1v) is 5.38. The van der Waals surface area contributed by atoms with Gasteiger partial charge in [-0.25, -0.2) is 0 Å². The van der Waals surface area contributed by atoms with Crippen LogP contribution in [0.25, 0.3) is 0 Å². The molecule has 0 aliphatic carbocycles. The van der Waals surface area contributed by atoms with E-state index in [1.807, 2.05) is 0 Å². The van der Waals surface area contributed by atoms with Gasteiger partial charge >= 0.3 is 0 Å². The fourth-order valence-corrected chi connectivity index (χ4v) is 1.83. The first-order chi connectivity index (χ1) is 4.27. The lowest BCUT2D eigenvalue weighted by Gasteiger charge is -1.99. The monoisotopic (exact) mass is 162 g/mol. The number of unbranched alkanes of at least 4 members (excludes halogenated alkanes) is 1. The first kappa shape index (κ1) is 9.51. The summed E-state index contributed by atoms with van der Waals surface area (Å²) in [5, 5.41) is 0. The Labute approximate surface area is 65.8 Å². The summed E-state index contributed by atoms with van der Waals surface area (Å²) in [6, 6.07) is 1.38. The summed E-state index contributed by atoms with van der Waals surface area (Å²) in [4.78, 5) is 0. The standard InChI is InChI=1S/C7H15ClSi/c1-7(2)9-6-4-3-5-8/h7H,3-6H2,1-2H3. The van der Waals surface area contributed by atoms with Gasteiger partial charge in [-0.05, 0) is 6.42 Å². The van der Waals surface area contributed by atoms with Crippen LogP contribution >= 0.6 is 11.6 Å². The summed E-state index contributed by atoms with van der Waals surface area (Å²) in [6.45, 7) is 4.55. The van der Waals surface area contributed by atoms with Gasteiger partial charge in [0.25, 0.3) is 0 Å². The average Bonchev–Trinajstić information content (AvgIpc) is 1.80. The van der Waals surface area contributed by atoms with Gasteiger partial charge in [0.05, 0.1) is 0 Å². The molecule has 0 amide bonds. The van der Waals surface area contributed by atoms with E-state index in [-0.39, 0.29) is 0 Å². The van der Waals surface area contributed by atoms with Crippen LogP contribution in [0.3, 0.4) is 0 Å². The van der Waals surface area contributed by atoms with Gasteiger partial charge in [-0.15, -0.1) is 11.6 Å². The molecule has 0 rings (SSSR count). The van der Waals surface area contributed by atoms with Crippen molar-refractivity contribution in [2.75, 3.05) is 5.88 Å².